The van der Waals surface area contributed by atoms with Gasteiger partial charge in [0.25, 0.3) is 0 Å². The maximum absolute atomic E-state index is 13.8. The molecule has 1 N–H and O–H groups in total. The average Bonchev–Trinajstić information content (AvgIpc) is 2.73. The van der Waals surface area contributed by atoms with E-state index in [0.717, 1.165) is 32.1 Å². The van der Waals surface area contributed by atoms with Crippen LogP contribution in [0.4, 0.5) is 0 Å². The fraction of sp³-hybridized carbons (Fsp3) is 0.808. The molecule has 1 rings (SSSR count). The van der Waals surface area contributed by atoms with Gasteiger partial charge in [-0.2, -0.15) is 0 Å². The van der Waals surface area contributed by atoms with Crippen molar-refractivity contribution in [1.82, 2.24) is 15.1 Å². The molecule has 0 radical (unpaired) electrons. The van der Waals surface area contributed by atoms with E-state index in [-0.39, 0.29) is 29.7 Å². The van der Waals surface area contributed by atoms with Gasteiger partial charge in [0.15, 0.2) is 0 Å². The average molecular weight is 466 g/mol. The number of carbonyl (C=O) groups is 3. The van der Waals surface area contributed by atoms with E-state index < -0.39 is 17.0 Å². The molecule has 7 nitrogen and oxygen atoms in total. The molecule has 1 fully saturated rings. The molecule has 190 valence electrons. The van der Waals surface area contributed by atoms with Crippen molar-refractivity contribution in [3.8, 4) is 0 Å². The summed E-state index contributed by atoms with van der Waals surface area (Å²) in [6.07, 6.45) is 6.53. The molecule has 1 aliphatic carbocycles. The standard InChI is InChI=1S/C26H47N3O4/c1-11-33-23(31)19(4)17-20(18(2)3)29(10)22(30)21(25(5,6)7)27-24(32)26(28(8)9)15-13-12-14-16-26/h17-18,20-21H,11-16H2,1-10H3,(H,27,32)/b19-17+/t20-,21?/m1/s1. The molecule has 0 bridgehead atoms. The van der Waals surface area contributed by atoms with Crippen molar-refractivity contribution in [2.45, 2.75) is 98.2 Å². The number of nitrogens with zero attached hydrogens (tertiary/aromatic N) is 2. The summed E-state index contributed by atoms with van der Waals surface area (Å²) in [6.45, 7) is 13.7. The van der Waals surface area contributed by atoms with Gasteiger partial charge in [-0.05, 0) is 52.1 Å². The first-order valence-corrected chi connectivity index (χ1v) is 12.3. The number of hydrogen-bond acceptors (Lipinski definition) is 5. The number of amides is 2. The zero-order chi connectivity index (χ0) is 25.6. The Balaban J connectivity index is 3.23. The molecule has 0 aliphatic heterocycles. The molecule has 1 unspecified atom stereocenters. The molecular weight excluding hydrogens is 418 g/mol. The number of likely N-dealkylation sites (N-methyl/N-ethyl adjacent to an activating group) is 2. The summed E-state index contributed by atoms with van der Waals surface area (Å²) in [5.74, 6) is -0.540. The van der Waals surface area contributed by atoms with Gasteiger partial charge in [0.05, 0.1) is 18.2 Å². The van der Waals surface area contributed by atoms with Gasteiger partial charge in [-0.1, -0.05) is 60.0 Å². The molecule has 0 aromatic rings. The molecule has 0 heterocycles. The van der Waals surface area contributed by atoms with Crippen molar-refractivity contribution in [1.29, 1.82) is 0 Å². The van der Waals surface area contributed by atoms with Crippen LogP contribution in [0.2, 0.25) is 0 Å². The second kappa shape index (κ2) is 12.0. The minimum absolute atomic E-state index is 0.0751. The molecular formula is C26H47N3O4. The first-order valence-electron chi connectivity index (χ1n) is 12.3. The Labute approximate surface area is 201 Å². The highest BCUT2D eigenvalue weighted by molar-refractivity contribution is 5.93. The maximum atomic E-state index is 13.8. The molecule has 7 heteroatoms. The molecule has 0 spiro atoms. The zero-order valence-electron chi connectivity index (χ0n) is 22.6. The van der Waals surface area contributed by atoms with Crippen LogP contribution in [0.5, 0.6) is 0 Å². The molecule has 1 aliphatic rings. The predicted octanol–water partition coefficient (Wildman–Crippen LogP) is 3.77. The normalized spacial score (nSPS) is 18.6. The van der Waals surface area contributed by atoms with Crippen molar-refractivity contribution in [2.24, 2.45) is 11.3 Å². The molecule has 0 saturated heterocycles. The van der Waals surface area contributed by atoms with Crippen molar-refractivity contribution in [3.63, 3.8) is 0 Å². The van der Waals surface area contributed by atoms with Crippen LogP contribution in [0.25, 0.3) is 0 Å². The SMILES string of the molecule is CCOC(=O)/C(C)=C/[C@H](C(C)C)N(C)C(=O)C(NC(=O)C1(N(C)C)CCCCC1)C(C)(C)C. The lowest BCUT2D eigenvalue weighted by atomic mass is 9.78. The monoisotopic (exact) mass is 465 g/mol. The lowest BCUT2D eigenvalue weighted by Crippen LogP contribution is -2.63. The number of nitrogens with one attached hydrogen (secondary N) is 1. The highest BCUT2D eigenvalue weighted by Crippen LogP contribution is 2.33. The number of esters is 1. The largest absolute Gasteiger partial charge is 0.463 e. The summed E-state index contributed by atoms with van der Waals surface area (Å²) < 4.78 is 5.11. The van der Waals surface area contributed by atoms with Crippen LogP contribution >= 0.6 is 0 Å². The number of hydrogen-bond donors (Lipinski definition) is 1. The molecule has 2 amide bonds. The van der Waals surface area contributed by atoms with Gasteiger partial charge in [-0.3, -0.25) is 14.5 Å². The third-order valence-corrected chi connectivity index (χ3v) is 6.84. The quantitative estimate of drug-likeness (QED) is 0.414. The Morgan fingerprint density at radius 1 is 1.06 bits per heavy atom. The summed E-state index contributed by atoms with van der Waals surface area (Å²) in [6, 6.07) is -0.993. The second-order valence-corrected chi connectivity index (χ2v) is 11.0. The van der Waals surface area contributed by atoms with E-state index in [9.17, 15) is 14.4 Å². The topological polar surface area (TPSA) is 79.0 Å². The van der Waals surface area contributed by atoms with Crippen LogP contribution in [-0.2, 0) is 19.1 Å². The van der Waals surface area contributed by atoms with Crippen LogP contribution in [-0.4, -0.2) is 73.0 Å². The van der Waals surface area contributed by atoms with Crippen molar-refractivity contribution in [3.05, 3.63) is 11.6 Å². The Hall–Kier alpha value is -1.89. The highest BCUT2D eigenvalue weighted by Gasteiger charge is 2.45. The molecule has 0 aromatic carbocycles. The second-order valence-electron chi connectivity index (χ2n) is 11.0. The van der Waals surface area contributed by atoms with Crippen molar-refractivity contribution in [2.75, 3.05) is 27.7 Å². The maximum Gasteiger partial charge on any atom is 0.333 e. The molecule has 2 atom stereocenters. The summed E-state index contributed by atoms with van der Waals surface area (Å²) in [5.41, 5.74) is -0.594. The third kappa shape index (κ3) is 7.29. The van der Waals surface area contributed by atoms with E-state index in [1.165, 1.54) is 0 Å². The predicted molar refractivity (Wildman–Crippen MR) is 133 cm³/mol. The van der Waals surface area contributed by atoms with Crippen LogP contribution < -0.4 is 5.32 Å². The fourth-order valence-corrected chi connectivity index (χ4v) is 4.60. The van der Waals surface area contributed by atoms with Crippen LogP contribution in [0.1, 0.15) is 80.6 Å². The van der Waals surface area contributed by atoms with Gasteiger partial charge in [-0.25, -0.2) is 4.79 Å². The van der Waals surface area contributed by atoms with Crippen molar-refractivity contribution < 1.29 is 19.1 Å². The number of ether oxygens (including phenoxy) is 1. The summed E-state index contributed by atoms with van der Waals surface area (Å²) in [4.78, 5) is 43.2. The van der Waals surface area contributed by atoms with Gasteiger partial charge in [0, 0.05) is 12.6 Å². The van der Waals surface area contributed by atoms with Gasteiger partial charge >= 0.3 is 5.97 Å². The molecule has 1 saturated carbocycles. The minimum atomic E-state index is -0.689. The van der Waals surface area contributed by atoms with E-state index in [1.807, 2.05) is 53.6 Å². The van der Waals surface area contributed by atoms with Crippen LogP contribution in [0, 0.1) is 11.3 Å². The van der Waals surface area contributed by atoms with Crippen LogP contribution in [0.15, 0.2) is 11.6 Å². The van der Waals surface area contributed by atoms with E-state index in [4.69, 9.17) is 4.74 Å². The third-order valence-electron chi connectivity index (χ3n) is 6.84. The van der Waals surface area contributed by atoms with Gasteiger partial charge in [0.1, 0.15) is 6.04 Å². The summed E-state index contributed by atoms with van der Waals surface area (Å²) >= 11 is 0. The first-order chi connectivity index (χ1) is 15.2. The minimum Gasteiger partial charge on any atom is -0.463 e. The Kier molecular flexibility index (Phi) is 10.6. The first kappa shape index (κ1) is 29.1. The van der Waals surface area contributed by atoms with Crippen molar-refractivity contribution >= 4 is 17.8 Å². The van der Waals surface area contributed by atoms with Gasteiger partial charge in [0.2, 0.25) is 11.8 Å². The summed E-state index contributed by atoms with van der Waals surface area (Å²) in [7, 11) is 5.64. The Morgan fingerprint density at radius 3 is 2.03 bits per heavy atom. The van der Waals surface area contributed by atoms with Gasteiger partial charge < -0.3 is 15.0 Å². The number of carbonyl (C=O) groups excluding carboxylic acids is 3. The van der Waals surface area contributed by atoms with E-state index in [2.05, 4.69) is 5.32 Å². The number of rotatable bonds is 9. The lowest BCUT2D eigenvalue weighted by molar-refractivity contribution is -0.144. The Morgan fingerprint density at radius 2 is 1.61 bits per heavy atom. The molecule has 0 aromatic heterocycles. The fourth-order valence-electron chi connectivity index (χ4n) is 4.60. The van der Waals surface area contributed by atoms with Gasteiger partial charge in [-0.15, -0.1) is 0 Å². The lowest BCUT2D eigenvalue weighted by Gasteiger charge is -2.44. The van der Waals surface area contributed by atoms with E-state index in [0.29, 0.717) is 12.2 Å². The smallest absolute Gasteiger partial charge is 0.333 e. The van der Waals surface area contributed by atoms with E-state index in [1.54, 1.807) is 31.9 Å². The van der Waals surface area contributed by atoms with Crippen LogP contribution in [0.3, 0.4) is 0 Å². The highest BCUT2D eigenvalue weighted by atomic mass is 16.5. The summed E-state index contributed by atoms with van der Waals surface area (Å²) in [5, 5.41) is 3.14. The van der Waals surface area contributed by atoms with E-state index >= 15 is 0 Å². The zero-order valence-corrected chi connectivity index (χ0v) is 22.6. The Bertz CT molecular complexity index is 716. The molecule has 33 heavy (non-hydrogen) atoms.